The number of ether oxygens (including phenoxy) is 1. The minimum absolute atomic E-state index is 0.275. The Bertz CT molecular complexity index is 227. The Morgan fingerprint density at radius 1 is 1.43 bits per heavy atom. The van der Waals surface area contributed by atoms with E-state index in [0.29, 0.717) is 19.0 Å². The number of hydrogen-bond acceptors (Lipinski definition) is 4. The Morgan fingerprint density at radius 2 is 2.14 bits per heavy atom. The number of methoxy groups -OCH3 is 1. The van der Waals surface area contributed by atoms with E-state index in [-0.39, 0.29) is 11.9 Å². The molecule has 80 valence electrons. The first-order chi connectivity index (χ1) is 6.72. The molecule has 0 aromatic rings. The zero-order valence-electron chi connectivity index (χ0n) is 8.48. The minimum atomic E-state index is -0.516. The first kappa shape index (κ1) is 9.93. The highest BCUT2D eigenvalue weighted by Crippen LogP contribution is 2.31. The predicted molar refractivity (Wildman–Crippen MR) is 50.7 cm³/mol. The summed E-state index contributed by atoms with van der Waals surface area (Å²) in [6.45, 7) is 1.58. The van der Waals surface area contributed by atoms with Gasteiger partial charge in [-0.15, -0.1) is 0 Å². The second-order valence-electron chi connectivity index (χ2n) is 4.21. The number of piperidine rings is 1. The number of likely N-dealkylation sites (tertiary alicyclic amines) is 1. The predicted octanol–water partition coefficient (Wildman–Crippen LogP) is 0.00460. The number of rotatable bonds is 2. The van der Waals surface area contributed by atoms with Crippen LogP contribution in [0.4, 0.5) is 0 Å². The Balaban J connectivity index is 1.95. The lowest BCUT2D eigenvalue weighted by Crippen LogP contribution is -2.47. The fourth-order valence-corrected chi connectivity index (χ4v) is 2.12. The van der Waals surface area contributed by atoms with Crippen LogP contribution < -0.4 is 0 Å². The minimum Gasteiger partial charge on any atom is -0.469 e. The second-order valence-corrected chi connectivity index (χ2v) is 4.21. The van der Waals surface area contributed by atoms with Gasteiger partial charge in [-0.1, -0.05) is 0 Å². The third kappa shape index (κ3) is 1.91. The van der Waals surface area contributed by atoms with Gasteiger partial charge in [0.05, 0.1) is 19.1 Å². The average Bonchev–Trinajstić information content (AvgIpc) is 3.01. The molecular weight excluding hydrogens is 182 g/mol. The molecule has 1 N–H and O–H groups in total. The summed E-state index contributed by atoms with van der Waals surface area (Å²) in [6, 6.07) is 0.662. The average molecular weight is 199 g/mol. The number of aliphatic hydroxyl groups excluding tert-OH is 1. The fourth-order valence-electron chi connectivity index (χ4n) is 2.12. The molecule has 1 heterocycles. The lowest BCUT2D eigenvalue weighted by atomic mass is 9.95. The van der Waals surface area contributed by atoms with Crippen molar-refractivity contribution in [3.05, 3.63) is 0 Å². The summed E-state index contributed by atoms with van der Waals surface area (Å²) in [5, 5.41) is 9.66. The van der Waals surface area contributed by atoms with Crippen molar-refractivity contribution in [1.29, 1.82) is 0 Å². The summed E-state index contributed by atoms with van der Waals surface area (Å²) in [6.07, 6.45) is 2.65. The first-order valence-corrected chi connectivity index (χ1v) is 5.22. The van der Waals surface area contributed by atoms with E-state index >= 15 is 0 Å². The van der Waals surface area contributed by atoms with Crippen LogP contribution in [-0.4, -0.2) is 48.3 Å². The number of carbonyl (C=O) groups is 1. The lowest BCUT2D eigenvalue weighted by molar-refractivity contribution is -0.152. The first-order valence-electron chi connectivity index (χ1n) is 5.22. The van der Waals surface area contributed by atoms with E-state index in [9.17, 15) is 9.90 Å². The Morgan fingerprint density at radius 3 is 2.71 bits per heavy atom. The van der Waals surface area contributed by atoms with Crippen LogP contribution in [0.5, 0.6) is 0 Å². The molecule has 2 aliphatic rings. The molecule has 1 saturated carbocycles. The van der Waals surface area contributed by atoms with Gasteiger partial charge in [0.25, 0.3) is 0 Å². The lowest BCUT2D eigenvalue weighted by Gasteiger charge is -2.34. The summed E-state index contributed by atoms with van der Waals surface area (Å²) in [5.74, 6) is -0.614. The van der Waals surface area contributed by atoms with Gasteiger partial charge in [-0.3, -0.25) is 9.69 Å². The van der Waals surface area contributed by atoms with E-state index in [1.54, 1.807) is 0 Å². The maximum Gasteiger partial charge on any atom is 0.312 e. The van der Waals surface area contributed by atoms with Gasteiger partial charge in [0.15, 0.2) is 0 Å². The molecule has 1 saturated heterocycles. The molecule has 1 aliphatic heterocycles. The third-order valence-corrected chi connectivity index (χ3v) is 3.17. The molecule has 2 fully saturated rings. The number of carbonyl (C=O) groups excluding carboxylic acids is 1. The van der Waals surface area contributed by atoms with Crippen LogP contribution in [0.1, 0.15) is 19.3 Å². The van der Waals surface area contributed by atoms with Crippen LogP contribution in [0.3, 0.4) is 0 Å². The summed E-state index contributed by atoms with van der Waals surface area (Å²) in [4.78, 5) is 13.7. The maximum absolute atomic E-state index is 11.4. The zero-order chi connectivity index (χ0) is 10.1. The molecule has 4 heteroatoms. The number of hydrogen-bond donors (Lipinski definition) is 1. The number of aliphatic hydroxyl groups is 1. The maximum atomic E-state index is 11.4. The molecule has 0 aromatic carbocycles. The van der Waals surface area contributed by atoms with Crippen molar-refractivity contribution in [2.75, 3.05) is 20.2 Å². The van der Waals surface area contributed by atoms with Gasteiger partial charge in [0, 0.05) is 19.1 Å². The van der Waals surface area contributed by atoms with Crippen LogP contribution in [0.15, 0.2) is 0 Å². The van der Waals surface area contributed by atoms with Crippen molar-refractivity contribution < 1.29 is 14.6 Å². The van der Waals surface area contributed by atoms with E-state index in [2.05, 4.69) is 9.64 Å². The molecule has 2 atom stereocenters. The van der Waals surface area contributed by atoms with Crippen LogP contribution in [-0.2, 0) is 9.53 Å². The van der Waals surface area contributed by atoms with E-state index in [0.717, 1.165) is 6.54 Å². The molecule has 0 spiro atoms. The van der Waals surface area contributed by atoms with Crippen molar-refractivity contribution >= 4 is 5.97 Å². The van der Waals surface area contributed by atoms with Gasteiger partial charge < -0.3 is 9.84 Å². The summed E-state index contributed by atoms with van der Waals surface area (Å²) in [7, 11) is 1.38. The molecule has 1 aliphatic carbocycles. The number of esters is 1. The molecule has 0 aromatic heterocycles. The molecular formula is C10H17NO3. The topological polar surface area (TPSA) is 49.8 Å². The van der Waals surface area contributed by atoms with Gasteiger partial charge in [-0.25, -0.2) is 0 Å². The van der Waals surface area contributed by atoms with Crippen LogP contribution in [0.2, 0.25) is 0 Å². The highest BCUT2D eigenvalue weighted by atomic mass is 16.5. The van der Waals surface area contributed by atoms with E-state index in [4.69, 9.17) is 0 Å². The molecule has 2 rings (SSSR count). The summed E-state index contributed by atoms with van der Waals surface area (Å²) in [5.41, 5.74) is 0. The van der Waals surface area contributed by atoms with Gasteiger partial charge in [-0.05, 0) is 19.3 Å². The van der Waals surface area contributed by atoms with Crippen molar-refractivity contribution in [3.8, 4) is 0 Å². The van der Waals surface area contributed by atoms with Gasteiger partial charge in [-0.2, -0.15) is 0 Å². The molecule has 0 bridgehead atoms. The van der Waals surface area contributed by atoms with E-state index < -0.39 is 6.10 Å². The Hall–Kier alpha value is -0.610. The molecule has 2 unspecified atom stereocenters. The van der Waals surface area contributed by atoms with Crippen LogP contribution >= 0.6 is 0 Å². The van der Waals surface area contributed by atoms with Gasteiger partial charge in [0.1, 0.15) is 0 Å². The molecule has 14 heavy (non-hydrogen) atoms. The van der Waals surface area contributed by atoms with Crippen molar-refractivity contribution in [2.24, 2.45) is 5.92 Å². The largest absolute Gasteiger partial charge is 0.469 e. The Kier molecular flexibility index (Phi) is 2.74. The SMILES string of the molecule is COC(=O)C1CN(C2CC2)CCC1O. The Labute approximate surface area is 83.8 Å². The van der Waals surface area contributed by atoms with Gasteiger partial charge in [0.2, 0.25) is 0 Å². The molecule has 0 radical (unpaired) electrons. The van der Waals surface area contributed by atoms with Gasteiger partial charge >= 0.3 is 5.97 Å². The highest BCUT2D eigenvalue weighted by Gasteiger charge is 2.39. The number of nitrogens with zero attached hydrogens (tertiary/aromatic N) is 1. The molecule has 0 amide bonds. The monoisotopic (exact) mass is 199 g/mol. The highest BCUT2D eigenvalue weighted by molar-refractivity contribution is 5.73. The summed E-state index contributed by atoms with van der Waals surface area (Å²) < 4.78 is 4.68. The second kappa shape index (κ2) is 3.87. The standard InChI is InChI=1S/C10H17NO3/c1-14-10(13)8-6-11(7-2-3-7)5-4-9(8)12/h7-9,12H,2-6H2,1H3. The molecule has 4 nitrogen and oxygen atoms in total. The van der Waals surface area contributed by atoms with Crippen molar-refractivity contribution in [2.45, 2.75) is 31.4 Å². The summed E-state index contributed by atoms with van der Waals surface area (Å²) >= 11 is 0. The smallest absolute Gasteiger partial charge is 0.312 e. The van der Waals surface area contributed by atoms with Crippen molar-refractivity contribution in [3.63, 3.8) is 0 Å². The third-order valence-electron chi connectivity index (χ3n) is 3.17. The normalized spacial score (nSPS) is 34.1. The fraction of sp³-hybridized carbons (Fsp3) is 0.900. The quantitative estimate of drug-likeness (QED) is 0.636. The van der Waals surface area contributed by atoms with Crippen LogP contribution in [0, 0.1) is 5.92 Å². The van der Waals surface area contributed by atoms with E-state index in [1.807, 2.05) is 0 Å². The zero-order valence-corrected chi connectivity index (χ0v) is 8.48. The van der Waals surface area contributed by atoms with Crippen LogP contribution in [0.25, 0.3) is 0 Å². The van der Waals surface area contributed by atoms with E-state index in [1.165, 1.54) is 20.0 Å². The van der Waals surface area contributed by atoms with Crippen molar-refractivity contribution in [1.82, 2.24) is 4.90 Å².